The van der Waals surface area contributed by atoms with Gasteiger partial charge in [0.05, 0.1) is 18.3 Å². The zero-order valence-electron chi connectivity index (χ0n) is 9.84. The largest absolute Gasteiger partial charge is 0.390 e. The lowest BCUT2D eigenvalue weighted by Gasteiger charge is -2.20. The Labute approximate surface area is 105 Å². The van der Waals surface area contributed by atoms with E-state index in [2.05, 4.69) is 0 Å². The maximum atomic E-state index is 12.3. The first kappa shape index (κ1) is 11.2. The van der Waals surface area contributed by atoms with E-state index in [1.807, 2.05) is 36.4 Å². The van der Waals surface area contributed by atoms with Crippen molar-refractivity contribution < 1.29 is 9.90 Å². The first-order chi connectivity index (χ1) is 8.72. The second kappa shape index (κ2) is 4.08. The van der Waals surface area contributed by atoms with Crippen LogP contribution in [0, 0.1) is 0 Å². The maximum Gasteiger partial charge on any atom is 0.259 e. The highest BCUT2D eigenvalue weighted by Crippen LogP contribution is 2.36. The summed E-state index contributed by atoms with van der Waals surface area (Å²) in [5.74, 6) is -0.0608. The standard InChI is InChI=1S/C14H14N2O2/c15-7-10(17)8-16-12-6-2-4-9-3-1-5-11(13(9)12)14(16)18/h1-6,10,17H,7-8,15H2/t10-/m0/s1. The molecule has 1 aliphatic rings. The van der Waals surface area contributed by atoms with Crippen molar-refractivity contribution in [3.8, 4) is 0 Å². The van der Waals surface area contributed by atoms with E-state index >= 15 is 0 Å². The second-order valence-corrected chi connectivity index (χ2v) is 4.49. The number of carbonyl (C=O) groups is 1. The Hall–Kier alpha value is -1.91. The van der Waals surface area contributed by atoms with Crippen LogP contribution < -0.4 is 10.6 Å². The summed E-state index contributed by atoms with van der Waals surface area (Å²) < 4.78 is 0. The Morgan fingerprint density at radius 3 is 2.67 bits per heavy atom. The molecule has 0 saturated carbocycles. The summed E-state index contributed by atoms with van der Waals surface area (Å²) in [6.45, 7) is 0.388. The van der Waals surface area contributed by atoms with E-state index < -0.39 is 6.10 Å². The molecule has 0 bridgehead atoms. The van der Waals surface area contributed by atoms with Gasteiger partial charge in [0.1, 0.15) is 0 Å². The van der Waals surface area contributed by atoms with Gasteiger partial charge in [-0.15, -0.1) is 0 Å². The Bertz CT molecular complexity index is 619. The molecule has 0 unspecified atom stereocenters. The van der Waals surface area contributed by atoms with Crippen molar-refractivity contribution in [1.82, 2.24) is 0 Å². The number of β-amino-alcohol motifs (C(OH)–C–C–N with tert-alkyl or cyclic N) is 1. The Morgan fingerprint density at radius 1 is 1.22 bits per heavy atom. The van der Waals surface area contributed by atoms with Crippen LogP contribution in [0.3, 0.4) is 0 Å². The number of nitrogens with two attached hydrogens (primary N) is 1. The van der Waals surface area contributed by atoms with Crippen LogP contribution in [0.15, 0.2) is 36.4 Å². The fourth-order valence-electron chi connectivity index (χ4n) is 2.45. The van der Waals surface area contributed by atoms with Gasteiger partial charge in [-0.25, -0.2) is 0 Å². The molecule has 0 fully saturated rings. The Morgan fingerprint density at radius 2 is 1.94 bits per heavy atom. The molecule has 92 valence electrons. The number of aliphatic hydroxyl groups is 1. The van der Waals surface area contributed by atoms with Crippen LogP contribution in [0.4, 0.5) is 5.69 Å². The first-order valence-corrected chi connectivity index (χ1v) is 5.94. The number of amides is 1. The van der Waals surface area contributed by atoms with Crippen molar-refractivity contribution in [1.29, 1.82) is 0 Å². The third-order valence-corrected chi connectivity index (χ3v) is 3.31. The molecule has 0 saturated heterocycles. The summed E-state index contributed by atoms with van der Waals surface area (Å²) in [6, 6.07) is 11.5. The van der Waals surface area contributed by atoms with Crippen molar-refractivity contribution in [3.05, 3.63) is 42.0 Å². The topological polar surface area (TPSA) is 66.6 Å². The number of hydrogen-bond acceptors (Lipinski definition) is 3. The predicted molar refractivity (Wildman–Crippen MR) is 70.7 cm³/mol. The summed E-state index contributed by atoms with van der Waals surface area (Å²) >= 11 is 0. The minimum Gasteiger partial charge on any atom is -0.390 e. The summed E-state index contributed by atoms with van der Waals surface area (Å²) in [5.41, 5.74) is 6.97. The van der Waals surface area contributed by atoms with E-state index in [1.54, 1.807) is 4.90 Å². The van der Waals surface area contributed by atoms with Gasteiger partial charge in [0, 0.05) is 17.5 Å². The van der Waals surface area contributed by atoms with E-state index in [0.717, 1.165) is 16.5 Å². The minimum atomic E-state index is -0.696. The van der Waals surface area contributed by atoms with Crippen molar-refractivity contribution in [2.24, 2.45) is 5.73 Å². The van der Waals surface area contributed by atoms with Gasteiger partial charge in [-0.05, 0) is 17.5 Å². The SMILES string of the molecule is NC[C@H](O)CN1C(=O)c2cccc3cccc1c23. The molecule has 1 atom stereocenters. The van der Waals surface area contributed by atoms with Gasteiger partial charge < -0.3 is 15.7 Å². The molecule has 0 aliphatic carbocycles. The number of anilines is 1. The van der Waals surface area contributed by atoms with E-state index in [1.165, 1.54) is 0 Å². The molecule has 3 N–H and O–H groups in total. The van der Waals surface area contributed by atoms with Crippen molar-refractivity contribution >= 4 is 22.4 Å². The molecular weight excluding hydrogens is 228 g/mol. The van der Waals surface area contributed by atoms with Crippen molar-refractivity contribution in [2.45, 2.75) is 6.10 Å². The number of carbonyl (C=O) groups excluding carboxylic acids is 1. The van der Waals surface area contributed by atoms with E-state index in [9.17, 15) is 9.90 Å². The monoisotopic (exact) mass is 242 g/mol. The predicted octanol–water partition coefficient (Wildman–Crippen LogP) is 1.12. The van der Waals surface area contributed by atoms with E-state index in [-0.39, 0.29) is 19.0 Å². The number of nitrogens with zero attached hydrogens (tertiary/aromatic N) is 1. The highest BCUT2D eigenvalue weighted by atomic mass is 16.3. The number of hydrogen-bond donors (Lipinski definition) is 2. The molecule has 1 aliphatic heterocycles. The lowest BCUT2D eigenvalue weighted by molar-refractivity contribution is 0.0971. The number of aliphatic hydroxyl groups excluding tert-OH is 1. The average Bonchev–Trinajstić information content (AvgIpc) is 2.67. The van der Waals surface area contributed by atoms with Gasteiger partial charge in [0.2, 0.25) is 0 Å². The lowest BCUT2D eigenvalue weighted by Crippen LogP contribution is -2.38. The van der Waals surface area contributed by atoms with Gasteiger partial charge >= 0.3 is 0 Å². The molecule has 1 heterocycles. The second-order valence-electron chi connectivity index (χ2n) is 4.49. The maximum absolute atomic E-state index is 12.3. The lowest BCUT2D eigenvalue weighted by atomic mass is 10.1. The van der Waals surface area contributed by atoms with Crippen LogP contribution in [0.5, 0.6) is 0 Å². The summed E-state index contributed by atoms with van der Waals surface area (Å²) in [5, 5.41) is 11.7. The van der Waals surface area contributed by atoms with Crippen molar-refractivity contribution in [2.75, 3.05) is 18.0 Å². The molecule has 0 spiro atoms. The molecule has 18 heavy (non-hydrogen) atoms. The highest BCUT2D eigenvalue weighted by Gasteiger charge is 2.30. The van der Waals surface area contributed by atoms with Crippen LogP contribution in [0.25, 0.3) is 10.8 Å². The average molecular weight is 242 g/mol. The number of benzene rings is 2. The fraction of sp³-hybridized carbons (Fsp3) is 0.214. The van der Waals surface area contributed by atoms with Gasteiger partial charge in [0.25, 0.3) is 5.91 Å². The van der Waals surface area contributed by atoms with Crippen molar-refractivity contribution in [3.63, 3.8) is 0 Å². The Kier molecular flexibility index (Phi) is 2.54. The Balaban J connectivity index is 2.13. The molecule has 2 aromatic carbocycles. The molecule has 4 heteroatoms. The normalized spacial score (nSPS) is 15.4. The molecule has 0 radical (unpaired) electrons. The van der Waals surface area contributed by atoms with E-state index in [0.29, 0.717) is 5.56 Å². The fourth-order valence-corrected chi connectivity index (χ4v) is 2.45. The third-order valence-electron chi connectivity index (χ3n) is 3.31. The highest BCUT2D eigenvalue weighted by molar-refractivity contribution is 6.25. The van der Waals surface area contributed by atoms with Crippen LogP contribution >= 0.6 is 0 Å². The van der Waals surface area contributed by atoms with Crippen LogP contribution in [-0.4, -0.2) is 30.2 Å². The molecule has 3 rings (SSSR count). The van der Waals surface area contributed by atoms with Crippen LogP contribution in [-0.2, 0) is 0 Å². The molecular formula is C14H14N2O2. The minimum absolute atomic E-state index is 0.0608. The summed E-state index contributed by atoms with van der Waals surface area (Å²) in [7, 11) is 0. The van der Waals surface area contributed by atoms with Crippen LogP contribution in [0.2, 0.25) is 0 Å². The van der Waals surface area contributed by atoms with Gasteiger partial charge in [-0.2, -0.15) is 0 Å². The number of rotatable bonds is 3. The molecule has 0 aromatic heterocycles. The summed E-state index contributed by atoms with van der Waals surface area (Å²) in [4.78, 5) is 13.9. The van der Waals surface area contributed by atoms with Gasteiger partial charge in [-0.1, -0.05) is 24.3 Å². The first-order valence-electron chi connectivity index (χ1n) is 5.94. The molecule has 2 aromatic rings. The van der Waals surface area contributed by atoms with E-state index in [4.69, 9.17) is 5.73 Å². The van der Waals surface area contributed by atoms with Gasteiger partial charge in [-0.3, -0.25) is 4.79 Å². The zero-order chi connectivity index (χ0) is 12.7. The molecule has 1 amide bonds. The van der Waals surface area contributed by atoms with Gasteiger partial charge in [0.15, 0.2) is 0 Å². The quantitative estimate of drug-likeness (QED) is 0.847. The van der Waals surface area contributed by atoms with Crippen LogP contribution in [0.1, 0.15) is 10.4 Å². The summed E-state index contributed by atoms with van der Waals surface area (Å²) in [6.07, 6.45) is -0.696. The third kappa shape index (κ3) is 1.50. The zero-order valence-corrected chi connectivity index (χ0v) is 9.84. The smallest absolute Gasteiger partial charge is 0.259 e. The molecule has 4 nitrogen and oxygen atoms in total.